The van der Waals surface area contributed by atoms with E-state index >= 15 is 0 Å². The summed E-state index contributed by atoms with van der Waals surface area (Å²) in [6.07, 6.45) is 1.45. The molecule has 6 heteroatoms. The molecular formula is C26H26N2O4. The fourth-order valence-electron chi connectivity index (χ4n) is 4.34. The molecule has 1 heterocycles. The van der Waals surface area contributed by atoms with Crippen molar-refractivity contribution in [2.24, 2.45) is 10.4 Å². The first kappa shape index (κ1) is 21.7. The van der Waals surface area contributed by atoms with Crippen molar-refractivity contribution in [2.75, 3.05) is 6.54 Å². The van der Waals surface area contributed by atoms with Crippen LogP contribution in [0.2, 0.25) is 0 Å². The highest BCUT2D eigenvalue weighted by Crippen LogP contribution is 2.37. The lowest BCUT2D eigenvalue weighted by molar-refractivity contribution is -0.117. The second-order valence-corrected chi connectivity index (χ2v) is 9.07. The lowest BCUT2D eigenvalue weighted by atomic mass is 9.73. The van der Waals surface area contributed by atoms with Crippen LogP contribution in [-0.2, 0) is 4.79 Å². The SMILES string of the molecule is CC1(C)CC(=O)/C(=C(/O)CCCN2C(=O)c3ccccc3C2=O)C(=Nc2ccccc2)C1. The van der Waals surface area contributed by atoms with Gasteiger partial charge in [0.1, 0.15) is 5.76 Å². The largest absolute Gasteiger partial charge is 0.511 e. The number of ketones is 1. The number of benzene rings is 2. The van der Waals surface area contributed by atoms with E-state index in [0.717, 1.165) is 5.69 Å². The van der Waals surface area contributed by atoms with E-state index < -0.39 is 0 Å². The fraction of sp³-hybridized carbons (Fsp3) is 0.308. The molecule has 0 saturated heterocycles. The molecule has 0 bridgehead atoms. The minimum atomic E-state index is -0.320. The van der Waals surface area contributed by atoms with Gasteiger partial charge in [-0.2, -0.15) is 0 Å². The Bertz CT molecular complexity index is 1110. The van der Waals surface area contributed by atoms with Gasteiger partial charge in [-0.05, 0) is 42.5 Å². The van der Waals surface area contributed by atoms with Gasteiger partial charge in [0.25, 0.3) is 11.8 Å². The molecule has 0 radical (unpaired) electrons. The minimum Gasteiger partial charge on any atom is -0.511 e. The van der Waals surface area contributed by atoms with Crippen LogP contribution < -0.4 is 0 Å². The predicted octanol–water partition coefficient (Wildman–Crippen LogP) is 5.04. The average molecular weight is 431 g/mol. The van der Waals surface area contributed by atoms with Crippen molar-refractivity contribution in [1.82, 2.24) is 4.90 Å². The van der Waals surface area contributed by atoms with E-state index in [0.29, 0.717) is 36.1 Å². The number of para-hydroxylation sites is 1. The van der Waals surface area contributed by atoms with Crippen LogP contribution in [-0.4, -0.2) is 39.9 Å². The number of rotatable bonds is 5. The summed E-state index contributed by atoms with van der Waals surface area (Å²) < 4.78 is 0. The van der Waals surface area contributed by atoms with E-state index in [1.807, 2.05) is 44.2 Å². The molecule has 0 aromatic heterocycles. The monoisotopic (exact) mass is 430 g/mol. The van der Waals surface area contributed by atoms with Gasteiger partial charge in [-0.25, -0.2) is 0 Å². The van der Waals surface area contributed by atoms with E-state index in [1.54, 1.807) is 24.3 Å². The standard InChI is InChI=1S/C26H26N2O4/c1-26(2)15-20(27-17-9-4-3-5-10-17)23(22(30)16-26)21(29)13-8-14-28-24(31)18-11-6-7-12-19(18)25(28)32/h3-7,9-12,29H,8,13-16H2,1-2H3/b23-21+,27-20?. The first-order chi connectivity index (χ1) is 15.3. The number of aliphatic imine (C=N–C) groups is 1. The van der Waals surface area contributed by atoms with Crippen molar-refractivity contribution in [3.8, 4) is 0 Å². The topological polar surface area (TPSA) is 87.0 Å². The lowest BCUT2D eigenvalue weighted by Gasteiger charge is -2.31. The van der Waals surface area contributed by atoms with Gasteiger partial charge < -0.3 is 5.11 Å². The number of allylic oxidation sites excluding steroid dienone is 2. The van der Waals surface area contributed by atoms with Crippen LogP contribution >= 0.6 is 0 Å². The summed E-state index contributed by atoms with van der Waals surface area (Å²) >= 11 is 0. The number of hydrogen-bond acceptors (Lipinski definition) is 5. The molecule has 1 N–H and O–H groups in total. The molecule has 2 aromatic carbocycles. The molecule has 1 aliphatic carbocycles. The smallest absolute Gasteiger partial charge is 0.261 e. The second-order valence-electron chi connectivity index (χ2n) is 9.07. The third-order valence-electron chi connectivity index (χ3n) is 5.83. The van der Waals surface area contributed by atoms with Crippen molar-refractivity contribution >= 4 is 29.0 Å². The zero-order chi connectivity index (χ0) is 22.9. The number of amides is 2. The Morgan fingerprint density at radius 1 is 0.938 bits per heavy atom. The summed E-state index contributed by atoms with van der Waals surface area (Å²) in [7, 11) is 0. The van der Waals surface area contributed by atoms with Gasteiger partial charge in [-0.15, -0.1) is 0 Å². The Morgan fingerprint density at radius 3 is 2.16 bits per heavy atom. The van der Waals surface area contributed by atoms with Gasteiger partial charge in [0, 0.05) is 19.4 Å². The van der Waals surface area contributed by atoms with Crippen molar-refractivity contribution in [2.45, 2.75) is 39.5 Å². The van der Waals surface area contributed by atoms with Crippen LogP contribution in [0, 0.1) is 5.41 Å². The minimum absolute atomic E-state index is 0.0307. The summed E-state index contributed by atoms with van der Waals surface area (Å²) in [5, 5.41) is 10.8. The number of aliphatic hydroxyl groups excluding tert-OH is 1. The molecule has 1 saturated carbocycles. The number of aliphatic hydroxyl groups is 1. The van der Waals surface area contributed by atoms with E-state index in [2.05, 4.69) is 4.99 Å². The highest BCUT2D eigenvalue weighted by molar-refractivity contribution is 6.25. The number of imide groups is 1. The third-order valence-corrected chi connectivity index (χ3v) is 5.83. The van der Waals surface area contributed by atoms with Crippen LogP contribution in [0.1, 0.15) is 60.2 Å². The number of carbonyl (C=O) groups excluding carboxylic acids is 3. The summed E-state index contributed by atoms with van der Waals surface area (Å²) in [6, 6.07) is 16.1. The molecule has 0 atom stereocenters. The third kappa shape index (κ3) is 4.26. The maximum atomic E-state index is 12.9. The zero-order valence-electron chi connectivity index (χ0n) is 18.3. The molecule has 2 aromatic rings. The van der Waals surface area contributed by atoms with Crippen LogP contribution in [0.15, 0.2) is 70.9 Å². The highest BCUT2D eigenvalue weighted by atomic mass is 16.3. The Balaban J connectivity index is 1.52. The summed E-state index contributed by atoms with van der Waals surface area (Å²) in [6.45, 7) is 4.21. The summed E-state index contributed by atoms with van der Waals surface area (Å²) in [5.41, 5.74) is 2.15. The predicted molar refractivity (Wildman–Crippen MR) is 122 cm³/mol. The van der Waals surface area contributed by atoms with E-state index in [9.17, 15) is 19.5 Å². The molecule has 4 rings (SSSR count). The molecule has 1 aliphatic heterocycles. The van der Waals surface area contributed by atoms with Gasteiger partial charge in [0.2, 0.25) is 0 Å². The van der Waals surface area contributed by atoms with Crippen LogP contribution in [0.4, 0.5) is 5.69 Å². The van der Waals surface area contributed by atoms with Crippen LogP contribution in [0.25, 0.3) is 0 Å². The van der Waals surface area contributed by atoms with Crippen LogP contribution in [0.3, 0.4) is 0 Å². The molecule has 2 amide bonds. The van der Waals surface area contributed by atoms with Gasteiger partial charge in [0.15, 0.2) is 5.78 Å². The fourth-order valence-corrected chi connectivity index (χ4v) is 4.34. The molecule has 1 fully saturated rings. The first-order valence-corrected chi connectivity index (χ1v) is 10.8. The summed E-state index contributed by atoms with van der Waals surface area (Å²) in [4.78, 5) is 43.8. The van der Waals surface area contributed by atoms with Crippen molar-refractivity contribution < 1.29 is 19.5 Å². The Morgan fingerprint density at radius 2 is 1.53 bits per heavy atom. The molecule has 6 nitrogen and oxygen atoms in total. The number of carbonyl (C=O) groups is 3. The molecule has 0 unspecified atom stereocenters. The van der Waals surface area contributed by atoms with E-state index in [1.165, 1.54) is 4.90 Å². The maximum absolute atomic E-state index is 12.9. The number of Topliss-reactive ketones (excluding diaryl/α,β-unsaturated/α-hetero) is 1. The van der Waals surface area contributed by atoms with Gasteiger partial charge >= 0.3 is 0 Å². The van der Waals surface area contributed by atoms with Crippen molar-refractivity contribution in [1.29, 1.82) is 0 Å². The number of nitrogens with zero attached hydrogens (tertiary/aromatic N) is 2. The van der Waals surface area contributed by atoms with Crippen LogP contribution in [0.5, 0.6) is 0 Å². The quantitative estimate of drug-likeness (QED) is 0.409. The Labute approximate surface area is 187 Å². The molecular weight excluding hydrogens is 404 g/mol. The summed E-state index contributed by atoms with van der Waals surface area (Å²) in [5.74, 6) is -0.801. The van der Waals surface area contributed by atoms with Gasteiger partial charge in [0.05, 0.1) is 28.1 Å². The van der Waals surface area contributed by atoms with Gasteiger partial charge in [-0.3, -0.25) is 24.3 Å². The zero-order valence-corrected chi connectivity index (χ0v) is 18.3. The highest BCUT2D eigenvalue weighted by Gasteiger charge is 2.37. The first-order valence-electron chi connectivity index (χ1n) is 10.8. The Hall–Kier alpha value is -3.54. The number of fused-ring (bicyclic) bond motifs is 1. The Kier molecular flexibility index (Phi) is 5.78. The van der Waals surface area contributed by atoms with E-state index in [4.69, 9.17) is 0 Å². The van der Waals surface area contributed by atoms with Crippen molar-refractivity contribution in [3.63, 3.8) is 0 Å². The number of hydrogen-bond donors (Lipinski definition) is 1. The van der Waals surface area contributed by atoms with E-state index in [-0.39, 0.29) is 47.3 Å². The molecule has 0 spiro atoms. The van der Waals surface area contributed by atoms with Gasteiger partial charge in [-0.1, -0.05) is 44.2 Å². The van der Waals surface area contributed by atoms with Crippen molar-refractivity contribution in [3.05, 3.63) is 77.1 Å². The lowest BCUT2D eigenvalue weighted by Crippen LogP contribution is -2.33. The maximum Gasteiger partial charge on any atom is 0.261 e. The second kappa shape index (κ2) is 8.54. The molecule has 2 aliphatic rings. The average Bonchev–Trinajstić information content (AvgIpc) is 2.98. The molecule has 164 valence electrons. The normalized spacial score (nSPS) is 20.6. The molecule has 32 heavy (non-hydrogen) atoms.